The van der Waals surface area contributed by atoms with Crippen molar-refractivity contribution in [2.75, 3.05) is 38.1 Å². The van der Waals surface area contributed by atoms with Gasteiger partial charge < -0.3 is 14.9 Å². The molecule has 32 heavy (non-hydrogen) atoms. The molecule has 3 heterocycles. The molecule has 6 heteroatoms. The summed E-state index contributed by atoms with van der Waals surface area (Å²) in [4.78, 5) is 9.90. The molecule has 5 rings (SSSR count). The first-order valence-electron chi connectivity index (χ1n) is 12.2. The average Bonchev–Trinajstić information content (AvgIpc) is 3.11. The van der Waals surface area contributed by atoms with E-state index in [2.05, 4.69) is 21.9 Å². The van der Waals surface area contributed by atoms with Crippen LogP contribution in [-0.4, -0.2) is 57.8 Å². The van der Waals surface area contributed by atoms with Gasteiger partial charge in [0.2, 0.25) is 0 Å². The second kappa shape index (κ2) is 9.10. The van der Waals surface area contributed by atoms with E-state index in [1.165, 1.54) is 51.6 Å². The number of phenolic OH excluding ortho intramolecular Hbond substituents is 1. The largest absolute Gasteiger partial charge is 0.508 e. The van der Waals surface area contributed by atoms with E-state index in [0.717, 1.165) is 53.1 Å². The highest BCUT2D eigenvalue weighted by Crippen LogP contribution is 2.36. The minimum Gasteiger partial charge on any atom is -0.508 e. The van der Waals surface area contributed by atoms with Crippen LogP contribution in [-0.2, 0) is 0 Å². The number of likely N-dealkylation sites (N-methyl/N-ethyl adjacent to an activating group) is 1. The van der Waals surface area contributed by atoms with Crippen LogP contribution in [0.2, 0.25) is 0 Å². The molecular formula is C26H35N5O. The molecule has 2 aliphatic rings. The number of rotatable bonds is 5. The van der Waals surface area contributed by atoms with Crippen LogP contribution in [0.1, 0.15) is 44.1 Å². The van der Waals surface area contributed by atoms with Crippen molar-refractivity contribution < 1.29 is 5.11 Å². The van der Waals surface area contributed by atoms with Gasteiger partial charge in [0.05, 0.1) is 6.20 Å². The van der Waals surface area contributed by atoms with Crippen molar-refractivity contribution in [1.29, 1.82) is 0 Å². The summed E-state index contributed by atoms with van der Waals surface area (Å²) in [5.74, 6) is 3.10. The van der Waals surface area contributed by atoms with Gasteiger partial charge in [0, 0.05) is 38.4 Å². The maximum Gasteiger partial charge on any atom is 0.165 e. The molecule has 6 nitrogen and oxygen atoms in total. The van der Waals surface area contributed by atoms with Gasteiger partial charge in [-0.05, 0) is 73.9 Å². The molecule has 0 amide bonds. The zero-order valence-electron chi connectivity index (χ0n) is 19.4. The fraction of sp³-hybridized carbons (Fsp3) is 0.538. The molecule has 0 bridgehead atoms. The van der Waals surface area contributed by atoms with Gasteiger partial charge in [-0.2, -0.15) is 5.10 Å². The van der Waals surface area contributed by atoms with Crippen LogP contribution in [0.15, 0.2) is 36.7 Å². The molecule has 170 valence electrons. The van der Waals surface area contributed by atoms with Crippen molar-refractivity contribution in [2.24, 2.45) is 11.8 Å². The van der Waals surface area contributed by atoms with E-state index in [1.54, 1.807) is 12.1 Å². The van der Waals surface area contributed by atoms with Crippen molar-refractivity contribution >= 4 is 11.5 Å². The Bertz CT molecular complexity index is 1080. The molecule has 1 aliphatic heterocycles. The van der Waals surface area contributed by atoms with Gasteiger partial charge in [-0.15, -0.1) is 0 Å². The number of aromatic hydroxyl groups is 1. The lowest BCUT2D eigenvalue weighted by atomic mass is 9.77. The normalized spacial score (nSPS) is 21.9. The highest BCUT2D eigenvalue weighted by molar-refractivity contribution is 5.80. The molecule has 1 N–H and O–H groups in total. The number of fused-ring (bicyclic) bond motifs is 2. The fourth-order valence-corrected chi connectivity index (χ4v) is 5.68. The highest BCUT2D eigenvalue weighted by Gasteiger charge is 2.29. The van der Waals surface area contributed by atoms with Crippen LogP contribution >= 0.6 is 0 Å². The van der Waals surface area contributed by atoms with Gasteiger partial charge in [-0.3, -0.25) is 0 Å². The van der Waals surface area contributed by atoms with Gasteiger partial charge in [-0.1, -0.05) is 25.3 Å². The quantitative estimate of drug-likeness (QED) is 0.629. The second-order valence-corrected chi connectivity index (χ2v) is 9.78. The topological polar surface area (TPSA) is 56.9 Å². The maximum atomic E-state index is 9.98. The molecule has 1 aliphatic carbocycles. The van der Waals surface area contributed by atoms with Gasteiger partial charge >= 0.3 is 0 Å². The minimum absolute atomic E-state index is 0.260. The SMILES string of the molecule is Cc1ccc(O)cc1-c1cnn2ccc(N(C)CCN3CCCC4CCCC[C@H]4C3)nc12. The van der Waals surface area contributed by atoms with Gasteiger partial charge in [-0.25, -0.2) is 9.50 Å². The molecule has 0 radical (unpaired) electrons. The number of benzene rings is 1. The predicted molar refractivity (Wildman–Crippen MR) is 129 cm³/mol. The Morgan fingerprint density at radius 1 is 1.06 bits per heavy atom. The molecule has 2 aromatic heterocycles. The van der Waals surface area contributed by atoms with Crippen molar-refractivity contribution in [3.63, 3.8) is 0 Å². The van der Waals surface area contributed by atoms with Gasteiger partial charge in [0.1, 0.15) is 11.6 Å². The molecule has 0 spiro atoms. The molecule has 3 aromatic rings. The third-order valence-electron chi connectivity index (χ3n) is 7.62. The molecule has 1 saturated carbocycles. The predicted octanol–water partition coefficient (Wildman–Crippen LogP) is 4.75. The Morgan fingerprint density at radius 3 is 2.75 bits per heavy atom. The van der Waals surface area contributed by atoms with E-state index in [1.807, 2.05) is 36.0 Å². The van der Waals surface area contributed by atoms with Crippen molar-refractivity contribution in [3.05, 3.63) is 42.2 Å². The summed E-state index contributed by atoms with van der Waals surface area (Å²) in [6.45, 7) is 6.61. The maximum absolute atomic E-state index is 9.98. The molecule has 2 fully saturated rings. The van der Waals surface area contributed by atoms with Crippen LogP contribution in [0, 0.1) is 18.8 Å². The fourth-order valence-electron chi connectivity index (χ4n) is 5.68. The molecule has 2 atom stereocenters. The van der Waals surface area contributed by atoms with E-state index in [0.29, 0.717) is 0 Å². The van der Waals surface area contributed by atoms with Crippen LogP contribution in [0.5, 0.6) is 5.75 Å². The first kappa shape index (κ1) is 21.3. The van der Waals surface area contributed by atoms with Crippen LogP contribution < -0.4 is 4.90 Å². The van der Waals surface area contributed by atoms with Gasteiger partial charge in [0.15, 0.2) is 5.65 Å². The smallest absolute Gasteiger partial charge is 0.165 e. The highest BCUT2D eigenvalue weighted by atomic mass is 16.3. The van der Waals surface area contributed by atoms with Crippen LogP contribution in [0.4, 0.5) is 5.82 Å². The molecule has 1 aromatic carbocycles. The summed E-state index contributed by atoms with van der Waals surface area (Å²) in [7, 11) is 2.13. The van der Waals surface area contributed by atoms with Crippen molar-refractivity contribution in [1.82, 2.24) is 19.5 Å². The number of hydrogen-bond donors (Lipinski definition) is 1. The number of phenols is 1. The lowest BCUT2D eigenvalue weighted by molar-refractivity contribution is 0.183. The van der Waals surface area contributed by atoms with E-state index < -0.39 is 0 Å². The summed E-state index contributed by atoms with van der Waals surface area (Å²) in [6.07, 6.45) is 12.3. The third kappa shape index (κ3) is 4.33. The average molecular weight is 434 g/mol. The third-order valence-corrected chi connectivity index (χ3v) is 7.62. The molecular weight excluding hydrogens is 398 g/mol. The lowest BCUT2D eigenvalue weighted by Gasteiger charge is -2.32. The van der Waals surface area contributed by atoms with E-state index >= 15 is 0 Å². The standard InChI is InChI=1S/C26H35N5O/c1-19-9-10-22(32)16-23(19)24-17-27-31-13-11-25(28-26(24)31)29(2)14-15-30-12-5-8-20-6-3-4-7-21(20)18-30/h9-11,13,16-17,20-21,32H,3-8,12,14-15,18H2,1-2H3/t20?,21-/m0/s1. The van der Waals surface area contributed by atoms with Gasteiger partial charge in [0.25, 0.3) is 0 Å². The number of aromatic nitrogens is 3. The Morgan fingerprint density at radius 2 is 1.88 bits per heavy atom. The van der Waals surface area contributed by atoms with E-state index in [4.69, 9.17) is 4.98 Å². The minimum atomic E-state index is 0.260. The van der Waals surface area contributed by atoms with E-state index in [-0.39, 0.29) is 5.75 Å². The molecule has 1 unspecified atom stereocenters. The summed E-state index contributed by atoms with van der Waals surface area (Å²) < 4.78 is 1.81. The Balaban J connectivity index is 1.30. The Labute approximate surface area is 190 Å². The summed E-state index contributed by atoms with van der Waals surface area (Å²) in [5.41, 5.74) is 3.84. The summed E-state index contributed by atoms with van der Waals surface area (Å²) >= 11 is 0. The number of anilines is 1. The monoisotopic (exact) mass is 433 g/mol. The molecule has 1 saturated heterocycles. The van der Waals surface area contributed by atoms with Crippen molar-refractivity contribution in [2.45, 2.75) is 45.4 Å². The number of aryl methyl sites for hydroxylation is 1. The van der Waals surface area contributed by atoms with E-state index in [9.17, 15) is 5.11 Å². The zero-order chi connectivity index (χ0) is 22.1. The summed E-state index contributed by atoms with van der Waals surface area (Å²) in [5, 5.41) is 14.5. The number of hydrogen-bond acceptors (Lipinski definition) is 5. The first-order valence-corrected chi connectivity index (χ1v) is 12.2. The lowest BCUT2D eigenvalue weighted by Crippen LogP contribution is -2.37. The van der Waals surface area contributed by atoms with Crippen molar-refractivity contribution in [3.8, 4) is 16.9 Å². The Kier molecular flexibility index (Phi) is 6.05. The number of likely N-dealkylation sites (tertiary alicyclic amines) is 1. The first-order chi connectivity index (χ1) is 15.6. The Hall–Kier alpha value is -2.60. The number of nitrogens with zero attached hydrogens (tertiary/aromatic N) is 5. The summed E-state index contributed by atoms with van der Waals surface area (Å²) in [6, 6.07) is 7.48. The van der Waals surface area contributed by atoms with Crippen LogP contribution in [0.25, 0.3) is 16.8 Å². The van der Waals surface area contributed by atoms with Crippen LogP contribution in [0.3, 0.4) is 0 Å². The second-order valence-electron chi connectivity index (χ2n) is 9.78. The zero-order valence-corrected chi connectivity index (χ0v) is 19.4.